The van der Waals surface area contributed by atoms with E-state index in [-0.39, 0.29) is 6.61 Å². The number of benzene rings is 3. The fourth-order valence-corrected chi connectivity index (χ4v) is 3.34. The van der Waals surface area contributed by atoms with Gasteiger partial charge in [-0.15, -0.1) is 0 Å². The molecule has 3 rings (SSSR count). The number of nitrogens with one attached hydrogen (secondary N) is 2. The van der Waals surface area contributed by atoms with Crippen LogP contribution in [0.15, 0.2) is 78.9 Å². The van der Waals surface area contributed by atoms with Crippen LogP contribution in [0.4, 0.5) is 9.59 Å². The minimum atomic E-state index is -0.534. The maximum absolute atomic E-state index is 11.9. The van der Waals surface area contributed by atoms with Crippen molar-refractivity contribution in [2.75, 3.05) is 13.2 Å². The molecule has 0 atom stereocenters. The summed E-state index contributed by atoms with van der Waals surface area (Å²) in [6.07, 6.45) is -0.236. The summed E-state index contributed by atoms with van der Waals surface area (Å²) in [6.45, 7) is 7.04. The van der Waals surface area contributed by atoms with Crippen molar-refractivity contribution in [3.05, 3.63) is 90.0 Å². The second-order valence-electron chi connectivity index (χ2n) is 9.27. The molecule has 7 nitrogen and oxygen atoms in total. The number of hydrogen-bond acceptors (Lipinski definition) is 5. The van der Waals surface area contributed by atoms with Crippen LogP contribution >= 0.6 is 0 Å². The highest BCUT2D eigenvalue weighted by Crippen LogP contribution is 2.25. The highest BCUT2D eigenvalue weighted by atomic mass is 16.6. The van der Waals surface area contributed by atoms with Crippen LogP contribution < -0.4 is 15.4 Å². The molecule has 0 radical (unpaired) electrons. The molecule has 0 saturated heterocycles. The van der Waals surface area contributed by atoms with E-state index in [1.807, 2.05) is 99.6 Å². The number of amides is 2. The average Bonchev–Trinajstić information content (AvgIpc) is 2.86. The third-order valence-electron chi connectivity index (χ3n) is 5.00. The Kier molecular flexibility index (Phi) is 9.74. The van der Waals surface area contributed by atoms with E-state index >= 15 is 0 Å². The Morgan fingerprint density at radius 1 is 0.778 bits per heavy atom. The molecule has 190 valence electrons. The van der Waals surface area contributed by atoms with Gasteiger partial charge in [0, 0.05) is 13.1 Å². The number of ether oxygens (including phenoxy) is 3. The molecule has 0 aliphatic rings. The van der Waals surface area contributed by atoms with E-state index in [9.17, 15) is 9.59 Å². The quantitative estimate of drug-likeness (QED) is 0.337. The van der Waals surface area contributed by atoms with Crippen LogP contribution in [-0.4, -0.2) is 30.9 Å². The summed E-state index contributed by atoms with van der Waals surface area (Å²) in [4.78, 5) is 23.7. The van der Waals surface area contributed by atoms with Crippen LogP contribution in [0.2, 0.25) is 0 Å². The molecular weight excluding hydrogens is 456 g/mol. The lowest BCUT2D eigenvalue weighted by molar-refractivity contribution is 0.0523. The van der Waals surface area contributed by atoms with E-state index in [2.05, 4.69) is 10.6 Å². The lowest BCUT2D eigenvalue weighted by Gasteiger charge is -2.19. The van der Waals surface area contributed by atoms with E-state index in [0.717, 1.165) is 28.0 Å². The summed E-state index contributed by atoms with van der Waals surface area (Å²) in [5, 5.41) is 5.52. The molecule has 0 heterocycles. The first-order valence-corrected chi connectivity index (χ1v) is 12.0. The predicted molar refractivity (Wildman–Crippen MR) is 140 cm³/mol. The topological polar surface area (TPSA) is 85.9 Å². The number of carbonyl (C=O) groups excluding carboxylic acids is 2. The van der Waals surface area contributed by atoms with Crippen LogP contribution in [0.1, 0.15) is 38.3 Å². The Bertz CT molecular complexity index is 1130. The molecule has 0 fully saturated rings. The van der Waals surface area contributed by atoms with Gasteiger partial charge in [0.1, 0.15) is 18.0 Å². The van der Waals surface area contributed by atoms with Crippen molar-refractivity contribution in [2.45, 2.75) is 45.9 Å². The van der Waals surface area contributed by atoms with Gasteiger partial charge < -0.3 is 24.8 Å². The normalized spacial score (nSPS) is 10.9. The third-order valence-corrected chi connectivity index (χ3v) is 5.00. The van der Waals surface area contributed by atoms with Crippen molar-refractivity contribution in [1.29, 1.82) is 0 Å². The second-order valence-corrected chi connectivity index (χ2v) is 9.27. The SMILES string of the molecule is CC(C)(C)OC(=O)NCc1cccc(-c2cccc(OCCCNC(=O)OCc3ccccc3)c2)c1. The van der Waals surface area contributed by atoms with Crippen molar-refractivity contribution in [1.82, 2.24) is 10.6 Å². The molecule has 0 aliphatic heterocycles. The molecule has 0 bridgehead atoms. The molecule has 2 N–H and O–H groups in total. The molecule has 2 amide bonds. The average molecular weight is 491 g/mol. The van der Waals surface area contributed by atoms with Crippen LogP contribution in [-0.2, 0) is 22.6 Å². The van der Waals surface area contributed by atoms with Crippen molar-refractivity contribution in [3.63, 3.8) is 0 Å². The Balaban J connectivity index is 1.42. The van der Waals surface area contributed by atoms with Crippen LogP contribution in [0, 0.1) is 0 Å². The molecule has 7 heteroatoms. The first-order valence-electron chi connectivity index (χ1n) is 12.0. The van der Waals surface area contributed by atoms with Crippen LogP contribution in [0.3, 0.4) is 0 Å². The minimum absolute atomic E-state index is 0.244. The first kappa shape index (κ1) is 26.6. The van der Waals surface area contributed by atoms with Gasteiger partial charge in [-0.05, 0) is 67.6 Å². The minimum Gasteiger partial charge on any atom is -0.494 e. The highest BCUT2D eigenvalue weighted by Gasteiger charge is 2.15. The summed E-state index contributed by atoms with van der Waals surface area (Å²) in [6, 6.07) is 25.3. The largest absolute Gasteiger partial charge is 0.494 e. The summed E-state index contributed by atoms with van der Waals surface area (Å²) in [7, 11) is 0. The van der Waals surface area contributed by atoms with E-state index < -0.39 is 17.8 Å². The summed E-state index contributed by atoms with van der Waals surface area (Å²) in [5.74, 6) is 0.747. The van der Waals surface area contributed by atoms with Crippen molar-refractivity contribution in [2.24, 2.45) is 0 Å². The van der Waals surface area contributed by atoms with E-state index in [1.54, 1.807) is 0 Å². The summed E-state index contributed by atoms with van der Waals surface area (Å²) < 4.78 is 16.4. The monoisotopic (exact) mass is 490 g/mol. The second kappa shape index (κ2) is 13.2. The van der Waals surface area contributed by atoms with Gasteiger partial charge in [-0.1, -0.05) is 60.7 Å². The van der Waals surface area contributed by atoms with Gasteiger partial charge in [0.05, 0.1) is 6.61 Å². The molecule has 0 saturated carbocycles. The first-order chi connectivity index (χ1) is 17.3. The van der Waals surface area contributed by atoms with Crippen molar-refractivity contribution in [3.8, 4) is 16.9 Å². The molecule has 0 spiro atoms. The summed E-state index contributed by atoms with van der Waals surface area (Å²) in [5.41, 5.74) is 3.41. The Morgan fingerprint density at radius 3 is 2.22 bits per heavy atom. The molecule has 3 aromatic carbocycles. The molecule has 36 heavy (non-hydrogen) atoms. The van der Waals surface area contributed by atoms with Crippen molar-refractivity contribution < 1.29 is 23.8 Å². The van der Waals surface area contributed by atoms with E-state index in [1.165, 1.54) is 0 Å². The van der Waals surface area contributed by atoms with Gasteiger partial charge in [0.2, 0.25) is 0 Å². The van der Waals surface area contributed by atoms with E-state index in [0.29, 0.717) is 26.1 Å². The van der Waals surface area contributed by atoms with E-state index in [4.69, 9.17) is 14.2 Å². The van der Waals surface area contributed by atoms with Gasteiger partial charge in [0.15, 0.2) is 0 Å². The third kappa shape index (κ3) is 9.70. The zero-order valence-corrected chi connectivity index (χ0v) is 21.1. The lowest BCUT2D eigenvalue weighted by Crippen LogP contribution is -2.32. The van der Waals surface area contributed by atoms with Gasteiger partial charge >= 0.3 is 12.2 Å². The Hall–Kier alpha value is -4.00. The van der Waals surface area contributed by atoms with Gasteiger partial charge in [0.25, 0.3) is 0 Å². The van der Waals surface area contributed by atoms with Gasteiger partial charge in [-0.25, -0.2) is 9.59 Å². The number of hydrogen-bond donors (Lipinski definition) is 2. The Morgan fingerprint density at radius 2 is 1.47 bits per heavy atom. The Labute approximate surface area is 212 Å². The number of rotatable bonds is 10. The summed E-state index contributed by atoms with van der Waals surface area (Å²) >= 11 is 0. The molecule has 0 aromatic heterocycles. The van der Waals surface area contributed by atoms with Crippen LogP contribution in [0.25, 0.3) is 11.1 Å². The fraction of sp³-hybridized carbons (Fsp3) is 0.310. The van der Waals surface area contributed by atoms with Crippen LogP contribution in [0.5, 0.6) is 5.75 Å². The fourth-order valence-electron chi connectivity index (χ4n) is 3.34. The molecule has 0 aliphatic carbocycles. The number of alkyl carbamates (subject to hydrolysis) is 2. The van der Waals surface area contributed by atoms with Gasteiger partial charge in [-0.2, -0.15) is 0 Å². The zero-order chi connectivity index (χ0) is 25.8. The number of carbonyl (C=O) groups is 2. The maximum Gasteiger partial charge on any atom is 0.407 e. The highest BCUT2D eigenvalue weighted by molar-refractivity contribution is 5.69. The molecule has 0 unspecified atom stereocenters. The zero-order valence-electron chi connectivity index (χ0n) is 21.1. The molecular formula is C29H34N2O5. The lowest BCUT2D eigenvalue weighted by atomic mass is 10.0. The molecule has 3 aromatic rings. The standard InChI is InChI=1S/C29H34N2O5/c1-29(2,3)36-28(33)31-20-23-12-7-13-24(18-23)25-14-8-15-26(19-25)34-17-9-16-30-27(32)35-21-22-10-5-4-6-11-22/h4-8,10-15,18-19H,9,16-17,20-21H2,1-3H3,(H,30,32)(H,31,33). The van der Waals surface area contributed by atoms with Crippen molar-refractivity contribution >= 4 is 12.2 Å². The maximum atomic E-state index is 11.9. The van der Waals surface area contributed by atoms with Gasteiger partial charge in [-0.3, -0.25) is 0 Å². The predicted octanol–water partition coefficient (Wildman–Crippen LogP) is 6.07. The smallest absolute Gasteiger partial charge is 0.407 e.